The average molecular weight is 407 g/mol. The summed E-state index contributed by atoms with van der Waals surface area (Å²) in [6, 6.07) is 13.3. The fraction of sp³-hybridized carbons (Fsp3) is 0.238. The third kappa shape index (κ3) is 4.29. The van der Waals surface area contributed by atoms with Gasteiger partial charge in [0.2, 0.25) is 5.65 Å². The van der Waals surface area contributed by atoms with Crippen LogP contribution in [0.2, 0.25) is 0 Å². The van der Waals surface area contributed by atoms with Gasteiger partial charge in [-0.3, -0.25) is 4.40 Å². The average Bonchev–Trinajstić information content (AvgIpc) is 3.13. The number of urea groups is 1. The van der Waals surface area contributed by atoms with Crippen LogP contribution in [0.15, 0.2) is 48.5 Å². The number of amides is 2. The van der Waals surface area contributed by atoms with Crippen molar-refractivity contribution >= 4 is 34.2 Å². The monoisotopic (exact) mass is 407 g/mol. The molecule has 0 saturated carbocycles. The third-order valence-corrected chi connectivity index (χ3v) is 4.66. The molecule has 0 atom stereocenters. The van der Waals surface area contributed by atoms with Crippen LogP contribution in [0.5, 0.6) is 0 Å². The number of unbranched alkanes of at least 4 members (excludes halogenated alkanes) is 1. The number of halogens is 1. The molecule has 0 saturated heterocycles. The summed E-state index contributed by atoms with van der Waals surface area (Å²) in [7, 11) is 0. The molecule has 0 bridgehead atoms. The second kappa shape index (κ2) is 8.73. The molecule has 2 amide bonds. The van der Waals surface area contributed by atoms with Crippen molar-refractivity contribution in [3.8, 4) is 0 Å². The number of hydrogen-bond acceptors (Lipinski definition) is 5. The van der Waals surface area contributed by atoms with E-state index in [1.807, 2.05) is 35.6 Å². The summed E-state index contributed by atoms with van der Waals surface area (Å²) in [5.74, 6) is 1.10. The van der Waals surface area contributed by atoms with Gasteiger partial charge in [-0.05, 0) is 50.1 Å². The van der Waals surface area contributed by atoms with Crippen LogP contribution in [-0.2, 0) is 0 Å². The lowest BCUT2D eigenvalue weighted by Gasteiger charge is -2.10. The van der Waals surface area contributed by atoms with E-state index >= 15 is 0 Å². The summed E-state index contributed by atoms with van der Waals surface area (Å²) in [6.07, 6.45) is 1.60. The van der Waals surface area contributed by atoms with Crippen LogP contribution in [0.25, 0.3) is 16.7 Å². The van der Waals surface area contributed by atoms with E-state index in [2.05, 4.69) is 31.1 Å². The normalized spacial score (nSPS) is 11.0. The molecule has 2 heterocycles. The van der Waals surface area contributed by atoms with Crippen LogP contribution in [0.4, 0.5) is 20.7 Å². The second-order valence-corrected chi connectivity index (χ2v) is 6.88. The van der Waals surface area contributed by atoms with E-state index in [9.17, 15) is 9.18 Å². The molecule has 2 aromatic carbocycles. The lowest BCUT2D eigenvalue weighted by Crippen LogP contribution is -2.29. The van der Waals surface area contributed by atoms with E-state index in [0.29, 0.717) is 30.2 Å². The maximum absolute atomic E-state index is 13.1. The van der Waals surface area contributed by atoms with E-state index in [-0.39, 0.29) is 6.03 Å². The van der Waals surface area contributed by atoms with Crippen LogP contribution in [0.3, 0.4) is 0 Å². The van der Waals surface area contributed by atoms with Crippen molar-refractivity contribution in [3.05, 3.63) is 60.2 Å². The molecular formula is C21H22FN7O. The van der Waals surface area contributed by atoms with Crippen molar-refractivity contribution < 1.29 is 9.18 Å². The van der Waals surface area contributed by atoms with Crippen LogP contribution < -0.4 is 16.0 Å². The summed E-state index contributed by atoms with van der Waals surface area (Å²) >= 11 is 0. The highest BCUT2D eigenvalue weighted by Crippen LogP contribution is 2.21. The summed E-state index contributed by atoms with van der Waals surface area (Å²) in [5.41, 5.74) is 2.95. The minimum absolute atomic E-state index is 0.356. The number of anilines is 2. The number of benzene rings is 2. The lowest BCUT2D eigenvalue weighted by molar-refractivity contribution is 0.252. The number of nitrogens with zero attached hydrogens (tertiary/aromatic N) is 4. The van der Waals surface area contributed by atoms with Crippen molar-refractivity contribution in [2.24, 2.45) is 0 Å². The molecule has 0 unspecified atom stereocenters. The van der Waals surface area contributed by atoms with E-state index in [0.717, 1.165) is 29.7 Å². The van der Waals surface area contributed by atoms with Gasteiger partial charge in [-0.25, -0.2) is 14.2 Å². The maximum Gasteiger partial charge on any atom is 0.319 e. The van der Waals surface area contributed by atoms with Crippen LogP contribution in [0.1, 0.15) is 18.7 Å². The Morgan fingerprint density at radius 2 is 1.90 bits per heavy atom. The number of rotatable bonds is 7. The van der Waals surface area contributed by atoms with Crippen molar-refractivity contribution in [3.63, 3.8) is 0 Å². The first-order chi connectivity index (χ1) is 14.6. The van der Waals surface area contributed by atoms with E-state index in [1.54, 1.807) is 12.1 Å². The summed E-state index contributed by atoms with van der Waals surface area (Å²) in [5, 5.41) is 17.1. The Morgan fingerprint density at radius 3 is 2.77 bits per heavy atom. The first-order valence-electron chi connectivity index (χ1n) is 9.76. The molecule has 30 heavy (non-hydrogen) atoms. The fourth-order valence-corrected chi connectivity index (χ4v) is 3.24. The zero-order chi connectivity index (χ0) is 20.9. The highest BCUT2D eigenvalue weighted by Gasteiger charge is 2.12. The van der Waals surface area contributed by atoms with Gasteiger partial charge in [-0.1, -0.05) is 18.2 Å². The number of para-hydroxylation sites is 2. The Kier molecular flexibility index (Phi) is 5.69. The molecule has 4 rings (SSSR count). The van der Waals surface area contributed by atoms with Gasteiger partial charge in [0.1, 0.15) is 11.6 Å². The standard InChI is InChI=1S/C21H22FN7O/c1-14-27-28-20-19(26-17-9-2-3-10-18(17)29(14)20)23-11-4-5-12-24-21(30)25-16-8-6-7-15(22)13-16/h2-3,6-10,13H,4-5,11-12H2,1H3,(H,23,26)(H2,24,25,30). The van der Waals surface area contributed by atoms with E-state index in [1.165, 1.54) is 12.1 Å². The first kappa shape index (κ1) is 19.6. The van der Waals surface area contributed by atoms with Gasteiger partial charge < -0.3 is 16.0 Å². The first-order valence-corrected chi connectivity index (χ1v) is 9.76. The molecule has 9 heteroatoms. The molecule has 0 spiro atoms. The molecule has 154 valence electrons. The Hall–Kier alpha value is -3.75. The predicted octanol–water partition coefficient (Wildman–Crippen LogP) is 3.74. The third-order valence-electron chi connectivity index (χ3n) is 4.66. The minimum Gasteiger partial charge on any atom is -0.367 e. The summed E-state index contributed by atoms with van der Waals surface area (Å²) in [6.45, 7) is 3.10. The molecule has 8 nitrogen and oxygen atoms in total. The van der Waals surface area contributed by atoms with Crippen molar-refractivity contribution in [1.29, 1.82) is 0 Å². The topological polar surface area (TPSA) is 96.2 Å². The van der Waals surface area contributed by atoms with Crippen LogP contribution in [0, 0.1) is 12.7 Å². The smallest absolute Gasteiger partial charge is 0.319 e. The Bertz CT molecular complexity index is 1190. The largest absolute Gasteiger partial charge is 0.367 e. The van der Waals surface area contributed by atoms with E-state index < -0.39 is 5.82 Å². The maximum atomic E-state index is 13.1. The molecule has 2 aromatic heterocycles. The number of fused-ring (bicyclic) bond motifs is 3. The molecule has 3 N–H and O–H groups in total. The van der Waals surface area contributed by atoms with Gasteiger partial charge in [-0.15, -0.1) is 10.2 Å². The summed E-state index contributed by atoms with van der Waals surface area (Å²) in [4.78, 5) is 16.5. The molecule has 4 aromatic rings. The van der Waals surface area contributed by atoms with Gasteiger partial charge in [0, 0.05) is 18.8 Å². The molecular weight excluding hydrogens is 385 g/mol. The highest BCUT2D eigenvalue weighted by atomic mass is 19.1. The number of hydrogen-bond donors (Lipinski definition) is 3. The van der Waals surface area contributed by atoms with Crippen molar-refractivity contribution in [2.45, 2.75) is 19.8 Å². The Labute approximate surface area is 172 Å². The SMILES string of the molecule is Cc1nnc2c(NCCCCNC(=O)Nc3cccc(F)c3)nc3ccccc3n12. The molecule has 0 aliphatic rings. The lowest BCUT2D eigenvalue weighted by atomic mass is 10.3. The number of carbonyl (C=O) groups excluding carboxylic acids is 1. The van der Waals surface area contributed by atoms with E-state index in [4.69, 9.17) is 0 Å². The number of nitrogens with one attached hydrogen (secondary N) is 3. The quantitative estimate of drug-likeness (QED) is 0.406. The zero-order valence-electron chi connectivity index (χ0n) is 16.5. The van der Waals surface area contributed by atoms with Gasteiger partial charge in [0.05, 0.1) is 11.0 Å². The number of aromatic nitrogens is 4. The predicted molar refractivity (Wildman–Crippen MR) is 114 cm³/mol. The highest BCUT2D eigenvalue weighted by molar-refractivity contribution is 5.89. The van der Waals surface area contributed by atoms with Crippen molar-refractivity contribution in [2.75, 3.05) is 23.7 Å². The van der Waals surface area contributed by atoms with Gasteiger partial charge in [0.25, 0.3) is 0 Å². The van der Waals surface area contributed by atoms with Gasteiger partial charge in [0.15, 0.2) is 5.82 Å². The molecule has 0 fully saturated rings. The number of carbonyl (C=O) groups is 1. The second-order valence-electron chi connectivity index (χ2n) is 6.88. The Morgan fingerprint density at radius 1 is 1.07 bits per heavy atom. The van der Waals surface area contributed by atoms with Crippen LogP contribution >= 0.6 is 0 Å². The van der Waals surface area contributed by atoms with Crippen LogP contribution in [-0.4, -0.2) is 38.7 Å². The zero-order valence-corrected chi connectivity index (χ0v) is 16.5. The molecule has 0 aliphatic heterocycles. The van der Waals surface area contributed by atoms with Gasteiger partial charge in [-0.2, -0.15) is 0 Å². The van der Waals surface area contributed by atoms with Crippen molar-refractivity contribution in [1.82, 2.24) is 24.9 Å². The van der Waals surface area contributed by atoms with Gasteiger partial charge >= 0.3 is 6.03 Å². The fourth-order valence-electron chi connectivity index (χ4n) is 3.24. The molecule has 0 aliphatic carbocycles. The minimum atomic E-state index is -0.391. The molecule has 0 radical (unpaired) electrons. The Balaban J connectivity index is 1.27. The number of aryl methyl sites for hydroxylation is 1. The summed E-state index contributed by atoms with van der Waals surface area (Å²) < 4.78 is 15.1.